The van der Waals surface area contributed by atoms with Gasteiger partial charge in [-0.05, 0) is 24.5 Å². The smallest absolute Gasteiger partial charge is 0.303 e. The van der Waals surface area contributed by atoms with Crippen LogP contribution in [0.15, 0.2) is 60.7 Å². The number of hydrogen-bond donors (Lipinski definition) is 1. The van der Waals surface area contributed by atoms with Gasteiger partial charge < -0.3 is 9.67 Å². The van der Waals surface area contributed by atoms with Gasteiger partial charge in [-0.25, -0.2) is 0 Å². The van der Waals surface area contributed by atoms with Crippen LogP contribution in [0.2, 0.25) is 0 Å². The molecule has 3 heteroatoms. The van der Waals surface area contributed by atoms with Crippen molar-refractivity contribution in [3.05, 3.63) is 72.1 Å². The van der Waals surface area contributed by atoms with Gasteiger partial charge in [-0.3, -0.25) is 4.79 Å². The Morgan fingerprint density at radius 3 is 1.92 bits per heavy atom. The average molecular weight is 319 g/mol. The summed E-state index contributed by atoms with van der Waals surface area (Å²) in [5.41, 5.74) is 6.83. The maximum absolute atomic E-state index is 11.1. The Labute approximate surface area is 142 Å². The highest BCUT2D eigenvalue weighted by Gasteiger charge is 2.21. The van der Waals surface area contributed by atoms with Gasteiger partial charge in [0, 0.05) is 29.6 Å². The molecule has 1 aromatic heterocycles. The third kappa shape index (κ3) is 2.98. The molecule has 1 N–H and O–H groups in total. The van der Waals surface area contributed by atoms with Crippen LogP contribution < -0.4 is 0 Å². The van der Waals surface area contributed by atoms with Crippen LogP contribution in [0.4, 0.5) is 0 Å². The minimum atomic E-state index is -0.769. The van der Waals surface area contributed by atoms with Gasteiger partial charge in [-0.2, -0.15) is 0 Å². The molecule has 24 heavy (non-hydrogen) atoms. The van der Waals surface area contributed by atoms with Gasteiger partial charge in [0.2, 0.25) is 0 Å². The third-order valence-corrected chi connectivity index (χ3v) is 4.51. The number of carbonyl (C=O) groups is 1. The molecule has 0 spiro atoms. The van der Waals surface area contributed by atoms with Gasteiger partial charge in [0.15, 0.2) is 0 Å². The number of aliphatic carboxylic acids is 1. The first kappa shape index (κ1) is 16.1. The van der Waals surface area contributed by atoms with Crippen molar-refractivity contribution in [2.24, 2.45) is 7.05 Å². The SMILES string of the molecule is Cc1c(-c2ccccc2)c(-c2ccccc2)c(CCC(=O)O)n1C. The number of rotatable bonds is 5. The molecule has 122 valence electrons. The zero-order valence-corrected chi connectivity index (χ0v) is 14.0. The summed E-state index contributed by atoms with van der Waals surface area (Å²) in [6.45, 7) is 2.10. The predicted molar refractivity (Wildman–Crippen MR) is 97.0 cm³/mol. The summed E-state index contributed by atoms with van der Waals surface area (Å²) in [6, 6.07) is 20.5. The van der Waals surface area contributed by atoms with Crippen molar-refractivity contribution in [3.8, 4) is 22.3 Å². The number of nitrogens with zero attached hydrogens (tertiary/aromatic N) is 1. The molecule has 3 nitrogen and oxygen atoms in total. The summed E-state index contributed by atoms with van der Waals surface area (Å²) in [4.78, 5) is 11.1. The Balaban J connectivity index is 2.25. The van der Waals surface area contributed by atoms with Crippen LogP contribution in [-0.2, 0) is 18.3 Å². The largest absolute Gasteiger partial charge is 0.481 e. The van der Waals surface area contributed by atoms with E-state index < -0.39 is 5.97 Å². The van der Waals surface area contributed by atoms with Crippen molar-refractivity contribution >= 4 is 5.97 Å². The van der Waals surface area contributed by atoms with Crippen molar-refractivity contribution in [1.82, 2.24) is 4.57 Å². The normalized spacial score (nSPS) is 10.8. The quantitative estimate of drug-likeness (QED) is 0.741. The first-order chi connectivity index (χ1) is 11.6. The minimum Gasteiger partial charge on any atom is -0.481 e. The van der Waals surface area contributed by atoms with Crippen molar-refractivity contribution < 1.29 is 9.90 Å². The van der Waals surface area contributed by atoms with Gasteiger partial charge in [0.25, 0.3) is 0 Å². The van der Waals surface area contributed by atoms with Gasteiger partial charge in [0.1, 0.15) is 0 Å². The van der Waals surface area contributed by atoms with Gasteiger partial charge in [0.05, 0.1) is 6.42 Å². The molecule has 0 bridgehead atoms. The maximum atomic E-state index is 11.1. The maximum Gasteiger partial charge on any atom is 0.303 e. The molecule has 0 radical (unpaired) electrons. The van der Waals surface area contributed by atoms with E-state index in [1.807, 2.05) is 43.4 Å². The second kappa shape index (κ2) is 6.75. The van der Waals surface area contributed by atoms with Crippen LogP contribution in [0.3, 0.4) is 0 Å². The minimum absolute atomic E-state index is 0.130. The second-order valence-corrected chi connectivity index (χ2v) is 5.97. The number of hydrogen-bond acceptors (Lipinski definition) is 1. The highest BCUT2D eigenvalue weighted by molar-refractivity contribution is 5.88. The van der Waals surface area contributed by atoms with Crippen LogP contribution in [0.5, 0.6) is 0 Å². The molecule has 0 fully saturated rings. The van der Waals surface area contributed by atoms with E-state index in [0.717, 1.165) is 28.1 Å². The van der Waals surface area contributed by atoms with Gasteiger partial charge in [-0.1, -0.05) is 60.7 Å². The highest BCUT2D eigenvalue weighted by Crippen LogP contribution is 2.39. The number of carboxylic acids is 1. The van der Waals surface area contributed by atoms with Crippen LogP contribution in [0.1, 0.15) is 17.8 Å². The summed E-state index contributed by atoms with van der Waals surface area (Å²) in [6.07, 6.45) is 0.648. The van der Waals surface area contributed by atoms with Crippen molar-refractivity contribution in [2.45, 2.75) is 19.8 Å². The van der Waals surface area contributed by atoms with E-state index in [4.69, 9.17) is 5.11 Å². The van der Waals surface area contributed by atoms with Crippen molar-refractivity contribution in [1.29, 1.82) is 0 Å². The summed E-state index contributed by atoms with van der Waals surface area (Å²) in [5, 5.41) is 9.11. The van der Waals surface area contributed by atoms with E-state index in [2.05, 4.69) is 35.8 Å². The lowest BCUT2D eigenvalue weighted by atomic mass is 9.94. The first-order valence-corrected chi connectivity index (χ1v) is 8.10. The van der Waals surface area contributed by atoms with Crippen molar-refractivity contribution in [3.63, 3.8) is 0 Å². The number of benzene rings is 2. The summed E-state index contributed by atoms with van der Waals surface area (Å²) < 4.78 is 2.13. The Morgan fingerprint density at radius 1 is 0.917 bits per heavy atom. The molecule has 1 heterocycles. The van der Waals surface area contributed by atoms with Crippen LogP contribution in [0.25, 0.3) is 22.3 Å². The average Bonchev–Trinajstić information content (AvgIpc) is 2.86. The molecule has 0 saturated carbocycles. The molecular formula is C21H21NO2. The van der Waals surface area contributed by atoms with E-state index in [0.29, 0.717) is 6.42 Å². The molecule has 0 aliphatic heterocycles. The highest BCUT2D eigenvalue weighted by atomic mass is 16.4. The van der Waals surface area contributed by atoms with Gasteiger partial charge in [-0.15, -0.1) is 0 Å². The standard InChI is InChI=1S/C21H21NO2/c1-15-20(16-9-5-3-6-10-16)21(17-11-7-4-8-12-17)18(22(15)2)13-14-19(23)24/h3-12H,13-14H2,1-2H3,(H,23,24). The third-order valence-electron chi connectivity index (χ3n) is 4.51. The summed E-state index contributed by atoms with van der Waals surface area (Å²) in [7, 11) is 2.02. The number of carboxylic acid groups (broad SMARTS) is 1. The van der Waals surface area contributed by atoms with E-state index in [1.54, 1.807) is 0 Å². The lowest BCUT2D eigenvalue weighted by Gasteiger charge is -2.09. The van der Waals surface area contributed by atoms with E-state index in [9.17, 15) is 4.79 Å². The summed E-state index contributed by atoms with van der Waals surface area (Å²) >= 11 is 0. The molecule has 0 atom stereocenters. The Bertz CT molecular complexity index is 849. The Hall–Kier alpha value is -2.81. The first-order valence-electron chi connectivity index (χ1n) is 8.10. The molecule has 2 aromatic carbocycles. The van der Waals surface area contributed by atoms with Gasteiger partial charge >= 0.3 is 5.97 Å². The fraction of sp³-hybridized carbons (Fsp3) is 0.190. The Kier molecular flexibility index (Phi) is 4.52. The Morgan fingerprint density at radius 2 is 1.42 bits per heavy atom. The fourth-order valence-electron chi connectivity index (χ4n) is 3.25. The predicted octanol–water partition coefficient (Wildman–Crippen LogP) is 4.68. The lowest BCUT2D eigenvalue weighted by molar-refractivity contribution is -0.136. The molecule has 3 rings (SSSR count). The van der Waals surface area contributed by atoms with Crippen LogP contribution in [0, 0.1) is 6.92 Å². The molecule has 0 amide bonds. The topological polar surface area (TPSA) is 42.2 Å². The van der Waals surface area contributed by atoms with Crippen LogP contribution in [-0.4, -0.2) is 15.6 Å². The van der Waals surface area contributed by atoms with Crippen LogP contribution >= 0.6 is 0 Å². The monoisotopic (exact) mass is 319 g/mol. The molecular weight excluding hydrogens is 298 g/mol. The fourth-order valence-corrected chi connectivity index (χ4v) is 3.25. The van der Waals surface area contributed by atoms with E-state index >= 15 is 0 Å². The second-order valence-electron chi connectivity index (χ2n) is 5.97. The lowest BCUT2D eigenvalue weighted by Crippen LogP contribution is -2.04. The molecule has 3 aromatic rings. The summed E-state index contributed by atoms with van der Waals surface area (Å²) in [5.74, 6) is -0.769. The van der Waals surface area contributed by atoms with E-state index in [-0.39, 0.29) is 6.42 Å². The zero-order chi connectivity index (χ0) is 17.1. The van der Waals surface area contributed by atoms with Crippen molar-refractivity contribution in [2.75, 3.05) is 0 Å². The zero-order valence-electron chi connectivity index (χ0n) is 14.0. The molecule has 0 aliphatic carbocycles. The molecule has 0 saturated heterocycles. The molecule has 0 unspecified atom stereocenters. The van der Waals surface area contributed by atoms with E-state index in [1.165, 1.54) is 5.56 Å². The number of aromatic nitrogens is 1. The molecule has 0 aliphatic rings.